The number of likely N-dealkylation sites (tertiary alicyclic amines) is 1. The first-order valence-corrected chi connectivity index (χ1v) is 10.6. The number of piperidine rings is 1. The van der Waals surface area contributed by atoms with Gasteiger partial charge in [0.1, 0.15) is 5.60 Å². The Morgan fingerprint density at radius 1 is 1.16 bits per heavy atom. The molecule has 4 nitrogen and oxygen atoms in total. The molecule has 0 aromatic carbocycles. The third kappa shape index (κ3) is 7.16. The van der Waals surface area contributed by atoms with Crippen LogP contribution in [0.25, 0.3) is 0 Å². The lowest BCUT2D eigenvalue weighted by Gasteiger charge is -2.41. The predicted molar refractivity (Wildman–Crippen MR) is 104 cm³/mol. The van der Waals surface area contributed by atoms with Crippen molar-refractivity contribution in [2.75, 3.05) is 19.6 Å². The first-order chi connectivity index (χ1) is 11.9. The second-order valence-electron chi connectivity index (χ2n) is 9.10. The van der Waals surface area contributed by atoms with Crippen molar-refractivity contribution in [1.29, 1.82) is 0 Å². The van der Waals surface area contributed by atoms with Crippen LogP contribution in [0.1, 0.15) is 85.0 Å². The van der Waals surface area contributed by atoms with Crippen LogP contribution in [-0.4, -0.2) is 36.2 Å². The van der Waals surface area contributed by atoms with Crippen LogP contribution in [0.15, 0.2) is 0 Å². The van der Waals surface area contributed by atoms with Gasteiger partial charge in [-0.15, -0.1) is 0 Å². The van der Waals surface area contributed by atoms with E-state index in [1.807, 2.05) is 13.8 Å². The summed E-state index contributed by atoms with van der Waals surface area (Å²) in [4.78, 5) is 13.9. The minimum absolute atomic E-state index is 0.447. The number of primary amides is 1. The summed E-state index contributed by atoms with van der Waals surface area (Å²) in [5, 5.41) is 0. The van der Waals surface area contributed by atoms with Gasteiger partial charge in [-0.25, -0.2) is 4.79 Å². The normalized spacial score (nSPS) is 28.7. The number of nitrogens with zero attached hydrogens (tertiary/aromatic N) is 1. The maximum absolute atomic E-state index is 11.2. The fourth-order valence-corrected chi connectivity index (χ4v) is 5.12. The second kappa shape index (κ2) is 9.80. The van der Waals surface area contributed by atoms with E-state index in [-0.39, 0.29) is 0 Å². The highest BCUT2D eigenvalue weighted by Crippen LogP contribution is 2.37. The van der Waals surface area contributed by atoms with E-state index in [4.69, 9.17) is 10.5 Å². The fourth-order valence-electron chi connectivity index (χ4n) is 5.12. The number of nitrogens with two attached hydrogens (primary N) is 1. The maximum Gasteiger partial charge on any atom is 0.405 e. The molecule has 146 valence electrons. The van der Waals surface area contributed by atoms with Crippen LogP contribution < -0.4 is 5.73 Å². The summed E-state index contributed by atoms with van der Waals surface area (Å²) in [5.74, 6) is 2.30. The van der Waals surface area contributed by atoms with Crippen molar-refractivity contribution in [3.8, 4) is 0 Å². The molecule has 0 aromatic heterocycles. The van der Waals surface area contributed by atoms with E-state index in [1.165, 1.54) is 77.4 Å². The van der Waals surface area contributed by atoms with Gasteiger partial charge in [0.15, 0.2) is 0 Å². The quantitative estimate of drug-likeness (QED) is 0.672. The van der Waals surface area contributed by atoms with E-state index in [2.05, 4.69) is 11.8 Å². The summed E-state index contributed by atoms with van der Waals surface area (Å²) < 4.78 is 5.37. The minimum Gasteiger partial charge on any atom is -0.444 e. The molecule has 1 unspecified atom stereocenters. The highest BCUT2D eigenvalue weighted by atomic mass is 16.6. The minimum atomic E-state index is -0.646. The van der Waals surface area contributed by atoms with Gasteiger partial charge in [-0.05, 0) is 76.7 Å². The summed E-state index contributed by atoms with van der Waals surface area (Å²) in [7, 11) is 0. The molecule has 2 N–H and O–H groups in total. The molecule has 1 heterocycles. The van der Waals surface area contributed by atoms with Crippen molar-refractivity contribution in [3.63, 3.8) is 0 Å². The number of unbranched alkanes of at least 4 members (excludes halogenated alkanes) is 1. The van der Waals surface area contributed by atoms with Gasteiger partial charge in [-0.1, -0.05) is 32.6 Å². The number of rotatable bonds is 8. The molecule has 25 heavy (non-hydrogen) atoms. The maximum atomic E-state index is 11.2. The monoisotopic (exact) mass is 352 g/mol. The highest BCUT2D eigenvalue weighted by molar-refractivity contribution is 5.65. The van der Waals surface area contributed by atoms with E-state index in [9.17, 15) is 4.79 Å². The SMILES string of the molecule is CCCCC1CCCN(C[C@@H]2CCCC[C@H]2CC(C)(C)OC(N)=O)C1. The van der Waals surface area contributed by atoms with Crippen LogP contribution in [0.3, 0.4) is 0 Å². The molecule has 2 rings (SSSR count). The molecule has 2 fully saturated rings. The zero-order valence-corrected chi connectivity index (χ0v) is 16.8. The number of hydrogen-bond donors (Lipinski definition) is 1. The Kier molecular flexibility index (Phi) is 8.05. The average molecular weight is 353 g/mol. The summed E-state index contributed by atoms with van der Waals surface area (Å²) in [5.41, 5.74) is 4.81. The number of hydrogen-bond acceptors (Lipinski definition) is 3. The summed E-state index contributed by atoms with van der Waals surface area (Å²) in [6.07, 6.45) is 12.4. The molecular formula is C21H40N2O2. The van der Waals surface area contributed by atoms with Gasteiger partial charge in [0.2, 0.25) is 0 Å². The van der Waals surface area contributed by atoms with Gasteiger partial charge in [0.25, 0.3) is 0 Å². The number of amides is 1. The third-order valence-electron chi connectivity index (χ3n) is 6.26. The lowest BCUT2D eigenvalue weighted by atomic mass is 9.74. The first kappa shape index (κ1) is 20.5. The van der Waals surface area contributed by atoms with Gasteiger partial charge in [0, 0.05) is 13.1 Å². The van der Waals surface area contributed by atoms with Crippen LogP contribution in [0, 0.1) is 17.8 Å². The molecule has 1 aliphatic carbocycles. The lowest BCUT2D eigenvalue weighted by Crippen LogP contribution is -2.42. The molecule has 0 spiro atoms. The van der Waals surface area contributed by atoms with E-state index < -0.39 is 11.7 Å². The van der Waals surface area contributed by atoms with E-state index in [0.717, 1.165) is 18.3 Å². The first-order valence-electron chi connectivity index (χ1n) is 10.6. The Hall–Kier alpha value is -0.770. The molecule has 4 heteroatoms. The summed E-state index contributed by atoms with van der Waals surface area (Å²) >= 11 is 0. The fraction of sp³-hybridized carbons (Fsp3) is 0.952. The molecule has 1 amide bonds. The van der Waals surface area contributed by atoms with Gasteiger partial charge in [0.05, 0.1) is 0 Å². The standard InChI is InChI=1S/C21H40N2O2/c1-4-5-9-17-10-8-13-23(15-17)16-19-12-7-6-11-18(19)14-21(2,3)25-20(22)24/h17-19H,4-16H2,1-3H3,(H2,22,24)/t17?,18-,19-/m0/s1. The number of carbonyl (C=O) groups excluding carboxylic acids is 1. The van der Waals surface area contributed by atoms with E-state index >= 15 is 0 Å². The van der Waals surface area contributed by atoms with Crippen molar-refractivity contribution in [3.05, 3.63) is 0 Å². The molecule has 1 aliphatic heterocycles. The number of ether oxygens (including phenoxy) is 1. The Morgan fingerprint density at radius 2 is 1.88 bits per heavy atom. The lowest BCUT2D eigenvalue weighted by molar-refractivity contribution is 0.00570. The van der Waals surface area contributed by atoms with Gasteiger partial charge in [-0.2, -0.15) is 0 Å². The largest absolute Gasteiger partial charge is 0.444 e. The summed E-state index contributed by atoms with van der Waals surface area (Å²) in [6, 6.07) is 0. The van der Waals surface area contributed by atoms with Crippen LogP contribution >= 0.6 is 0 Å². The van der Waals surface area contributed by atoms with Crippen LogP contribution in [0.4, 0.5) is 4.79 Å². The Labute approximate surface area is 154 Å². The van der Waals surface area contributed by atoms with Gasteiger partial charge >= 0.3 is 6.09 Å². The van der Waals surface area contributed by atoms with Crippen molar-refractivity contribution in [2.45, 2.75) is 90.6 Å². The van der Waals surface area contributed by atoms with Crippen molar-refractivity contribution in [1.82, 2.24) is 4.90 Å². The predicted octanol–water partition coefficient (Wildman–Crippen LogP) is 4.96. The zero-order valence-electron chi connectivity index (χ0n) is 16.8. The molecule has 2 aliphatic rings. The van der Waals surface area contributed by atoms with Gasteiger partial charge < -0.3 is 15.4 Å². The third-order valence-corrected chi connectivity index (χ3v) is 6.26. The zero-order chi connectivity index (χ0) is 18.3. The Balaban J connectivity index is 1.88. The topological polar surface area (TPSA) is 55.6 Å². The van der Waals surface area contributed by atoms with Crippen LogP contribution in [0.5, 0.6) is 0 Å². The van der Waals surface area contributed by atoms with Crippen molar-refractivity contribution < 1.29 is 9.53 Å². The van der Waals surface area contributed by atoms with E-state index in [1.54, 1.807) is 0 Å². The Bertz CT molecular complexity index is 411. The van der Waals surface area contributed by atoms with Crippen LogP contribution in [-0.2, 0) is 4.74 Å². The molecular weight excluding hydrogens is 312 g/mol. The smallest absolute Gasteiger partial charge is 0.405 e. The van der Waals surface area contributed by atoms with Gasteiger partial charge in [-0.3, -0.25) is 0 Å². The average Bonchev–Trinajstić information content (AvgIpc) is 2.53. The second-order valence-corrected chi connectivity index (χ2v) is 9.10. The molecule has 0 aromatic rings. The van der Waals surface area contributed by atoms with Crippen molar-refractivity contribution >= 4 is 6.09 Å². The van der Waals surface area contributed by atoms with Crippen LogP contribution in [0.2, 0.25) is 0 Å². The highest BCUT2D eigenvalue weighted by Gasteiger charge is 2.34. The Morgan fingerprint density at radius 3 is 2.56 bits per heavy atom. The number of carbonyl (C=O) groups is 1. The van der Waals surface area contributed by atoms with E-state index in [0.29, 0.717) is 5.92 Å². The molecule has 3 atom stereocenters. The molecule has 1 saturated carbocycles. The molecule has 1 saturated heterocycles. The van der Waals surface area contributed by atoms with Crippen molar-refractivity contribution in [2.24, 2.45) is 23.5 Å². The molecule has 0 bridgehead atoms. The summed E-state index contributed by atoms with van der Waals surface area (Å²) in [6.45, 7) is 10.1. The molecule has 0 radical (unpaired) electrons.